The highest BCUT2D eigenvalue weighted by Gasteiger charge is 2.44. The van der Waals surface area contributed by atoms with Crippen LogP contribution in [0.4, 0.5) is 28.9 Å². The number of Topliss-reactive ketones (excluding diaryl/α,β-unsaturated/α-hetero) is 1. The second-order valence-corrected chi connectivity index (χ2v) is 9.13. The summed E-state index contributed by atoms with van der Waals surface area (Å²) in [6.07, 6.45) is -2.79. The Kier molecular flexibility index (Phi) is 7.18. The van der Waals surface area contributed by atoms with E-state index in [4.69, 9.17) is 4.74 Å². The maximum absolute atomic E-state index is 13.3. The van der Waals surface area contributed by atoms with Gasteiger partial charge in [-0.1, -0.05) is 12.1 Å². The molecule has 0 radical (unpaired) electrons. The van der Waals surface area contributed by atoms with Gasteiger partial charge in [-0.2, -0.15) is 13.2 Å². The minimum atomic E-state index is -4.71. The Labute approximate surface area is 202 Å². The second kappa shape index (κ2) is 10.1. The highest BCUT2D eigenvalue weighted by Crippen LogP contribution is 2.37. The van der Waals surface area contributed by atoms with Crippen molar-refractivity contribution in [2.75, 3.05) is 18.5 Å². The van der Waals surface area contributed by atoms with Gasteiger partial charge < -0.3 is 15.4 Å². The first kappa shape index (κ1) is 24.8. The summed E-state index contributed by atoms with van der Waals surface area (Å²) in [6, 6.07) is 8.85. The molecule has 2 heterocycles. The van der Waals surface area contributed by atoms with Crippen molar-refractivity contribution < 1.29 is 31.9 Å². The van der Waals surface area contributed by atoms with E-state index < -0.39 is 23.0 Å². The third-order valence-corrected chi connectivity index (χ3v) is 6.58. The summed E-state index contributed by atoms with van der Waals surface area (Å²) in [5.74, 6) is -1.44. The number of halogens is 4. The molecule has 4 rings (SSSR count). The van der Waals surface area contributed by atoms with Crippen molar-refractivity contribution in [1.82, 2.24) is 10.3 Å². The highest BCUT2D eigenvalue weighted by atomic mass is 32.1. The molecule has 2 aromatic carbocycles. The highest BCUT2D eigenvalue weighted by molar-refractivity contribution is 7.11. The largest absolute Gasteiger partial charge is 0.418 e. The van der Waals surface area contributed by atoms with E-state index in [1.165, 1.54) is 17.5 Å². The van der Waals surface area contributed by atoms with Gasteiger partial charge in [0, 0.05) is 31.5 Å². The van der Waals surface area contributed by atoms with Gasteiger partial charge in [0.1, 0.15) is 5.82 Å². The van der Waals surface area contributed by atoms with Crippen molar-refractivity contribution in [3.8, 4) is 0 Å². The molecular weight excluding hydrogens is 486 g/mol. The van der Waals surface area contributed by atoms with E-state index in [1.54, 1.807) is 29.8 Å². The quantitative estimate of drug-likeness (QED) is 0.318. The lowest BCUT2D eigenvalue weighted by Gasteiger charge is -2.25. The predicted octanol–water partition coefficient (Wildman–Crippen LogP) is 5.34. The number of carbonyl (C=O) groups is 2. The number of benzene rings is 2. The number of nitrogens with zero attached hydrogens (tertiary/aromatic N) is 1. The van der Waals surface area contributed by atoms with Crippen LogP contribution < -0.4 is 10.6 Å². The Balaban J connectivity index is 1.39. The molecule has 1 atom stereocenters. The predicted molar refractivity (Wildman–Crippen MR) is 122 cm³/mol. The number of ketones is 1. The number of aromatic nitrogens is 1. The van der Waals surface area contributed by atoms with Crippen LogP contribution in [0.15, 0.2) is 54.2 Å². The number of nitrogens with one attached hydrogen (secondary N) is 2. The van der Waals surface area contributed by atoms with E-state index in [1.807, 2.05) is 0 Å². The van der Waals surface area contributed by atoms with Crippen LogP contribution in [0.3, 0.4) is 0 Å². The minimum absolute atomic E-state index is 0.0170. The average Bonchev–Trinajstić information content (AvgIpc) is 3.52. The van der Waals surface area contributed by atoms with Crippen LogP contribution in [0.5, 0.6) is 0 Å². The standard InChI is InChI=1S/C24H21F4N3O3S/c25-16-3-6-19(18(9-16)24(26,27)28)31-17-4-1-15(2-5-17)11-30-22(33)23(7-8-34-13-23)10-20(32)21-12-29-14-35-21/h1-6,9,12,14,31H,7-8,10-11,13H2,(H,30,33)/t23-/m0/s1. The van der Waals surface area contributed by atoms with Gasteiger partial charge in [0.2, 0.25) is 5.91 Å². The minimum Gasteiger partial charge on any atom is -0.380 e. The van der Waals surface area contributed by atoms with Crippen molar-refractivity contribution >= 4 is 34.4 Å². The Morgan fingerprint density at radius 1 is 1.14 bits per heavy atom. The van der Waals surface area contributed by atoms with E-state index in [0.29, 0.717) is 35.2 Å². The first-order chi connectivity index (χ1) is 16.7. The van der Waals surface area contributed by atoms with Crippen molar-refractivity contribution in [3.05, 3.63) is 76.0 Å². The number of hydrogen-bond donors (Lipinski definition) is 2. The van der Waals surface area contributed by atoms with Crippen LogP contribution in [0.1, 0.15) is 33.6 Å². The molecule has 6 nitrogen and oxygen atoms in total. The molecule has 2 N–H and O–H groups in total. The number of thiazole rings is 1. The van der Waals surface area contributed by atoms with Crippen LogP contribution in [-0.4, -0.2) is 29.9 Å². The fraction of sp³-hybridized carbons (Fsp3) is 0.292. The summed E-state index contributed by atoms with van der Waals surface area (Å²) in [7, 11) is 0. The van der Waals surface area contributed by atoms with Crippen LogP contribution in [-0.2, 0) is 22.3 Å². The first-order valence-electron chi connectivity index (χ1n) is 10.7. The number of alkyl halides is 3. The summed E-state index contributed by atoms with van der Waals surface area (Å²) in [4.78, 5) is 30.0. The molecule has 184 valence electrons. The summed E-state index contributed by atoms with van der Waals surface area (Å²) in [5.41, 5.74) is 0.303. The van der Waals surface area contributed by atoms with Gasteiger partial charge >= 0.3 is 6.18 Å². The summed E-state index contributed by atoms with van der Waals surface area (Å²) < 4.78 is 58.4. The fourth-order valence-corrected chi connectivity index (χ4v) is 4.41. The smallest absolute Gasteiger partial charge is 0.380 e. The fourth-order valence-electron chi connectivity index (χ4n) is 3.85. The van der Waals surface area contributed by atoms with Gasteiger partial charge in [-0.05, 0) is 42.3 Å². The first-order valence-corrected chi connectivity index (χ1v) is 11.5. The third kappa shape index (κ3) is 5.85. The van der Waals surface area contributed by atoms with Crippen LogP contribution in [0.2, 0.25) is 0 Å². The van der Waals surface area contributed by atoms with Crippen molar-refractivity contribution in [2.45, 2.75) is 25.6 Å². The van der Waals surface area contributed by atoms with Crippen LogP contribution in [0.25, 0.3) is 0 Å². The van der Waals surface area contributed by atoms with Gasteiger partial charge in [-0.15, -0.1) is 11.3 Å². The molecular formula is C24H21F4N3O3S. The molecule has 1 amide bonds. The zero-order valence-corrected chi connectivity index (χ0v) is 19.1. The summed E-state index contributed by atoms with van der Waals surface area (Å²) >= 11 is 1.22. The van der Waals surface area contributed by atoms with Crippen molar-refractivity contribution in [1.29, 1.82) is 0 Å². The maximum atomic E-state index is 13.3. The topological polar surface area (TPSA) is 80.3 Å². The number of anilines is 2. The lowest BCUT2D eigenvalue weighted by atomic mass is 9.81. The molecule has 3 aromatic rings. The Hall–Kier alpha value is -3.31. The van der Waals surface area contributed by atoms with E-state index in [-0.39, 0.29) is 37.0 Å². The van der Waals surface area contributed by atoms with Gasteiger partial charge in [-0.3, -0.25) is 14.6 Å². The second-order valence-electron chi connectivity index (χ2n) is 8.24. The normalized spacial score (nSPS) is 17.8. The SMILES string of the molecule is O=C(C[C@@]1(C(=O)NCc2ccc(Nc3ccc(F)cc3C(F)(F)F)cc2)CCOC1)c1cncs1. The summed E-state index contributed by atoms with van der Waals surface area (Å²) in [5, 5.41) is 5.49. The van der Waals surface area contributed by atoms with E-state index in [0.717, 1.165) is 12.1 Å². The molecule has 1 fully saturated rings. The number of rotatable bonds is 8. The number of hydrogen-bond acceptors (Lipinski definition) is 6. The number of carbonyl (C=O) groups excluding carboxylic acids is 2. The van der Waals surface area contributed by atoms with E-state index in [2.05, 4.69) is 15.6 Å². The van der Waals surface area contributed by atoms with Crippen LogP contribution in [0, 0.1) is 11.2 Å². The molecule has 1 saturated heterocycles. The molecule has 1 aliphatic rings. The zero-order valence-electron chi connectivity index (χ0n) is 18.3. The molecule has 1 aliphatic heterocycles. The number of amides is 1. The monoisotopic (exact) mass is 507 g/mol. The number of ether oxygens (including phenoxy) is 1. The molecule has 11 heteroatoms. The molecule has 0 aliphatic carbocycles. The molecule has 0 bridgehead atoms. The van der Waals surface area contributed by atoms with E-state index >= 15 is 0 Å². The molecule has 0 saturated carbocycles. The maximum Gasteiger partial charge on any atom is 0.418 e. The Morgan fingerprint density at radius 2 is 1.91 bits per heavy atom. The van der Waals surface area contributed by atoms with Crippen molar-refractivity contribution in [3.63, 3.8) is 0 Å². The van der Waals surface area contributed by atoms with Gasteiger partial charge in [0.15, 0.2) is 5.78 Å². The van der Waals surface area contributed by atoms with Gasteiger partial charge in [-0.25, -0.2) is 4.39 Å². The molecule has 0 unspecified atom stereocenters. The zero-order chi connectivity index (χ0) is 25.1. The molecule has 1 aromatic heterocycles. The molecule has 0 spiro atoms. The van der Waals surface area contributed by atoms with Crippen molar-refractivity contribution in [2.24, 2.45) is 5.41 Å². The Morgan fingerprint density at radius 3 is 2.54 bits per heavy atom. The average molecular weight is 508 g/mol. The summed E-state index contributed by atoms with van der Waals surface area (Å²) in [6.45, 7) is 0.693. The lowest BCUT2D eigenvalue weighted by Crippen LogP contribution is -2.42. The van der Waals surface area contributed by atoms with Crippen LogP contribution >= 0.6 is 11.3 Å². The Bertz CT molecular complexity index is 1190. The molecule has 35 heavy (non-hydrogen) atoms. The lowest BCUT2D eigenvalue weighted by molar-refractivity contribution is -0.137. The third-order valence-electron chi connectivity index (χ3n) is 5.76. The van der Waals surface area contributed by atoms with Gasteiger partial charge in [0.05, 0.1) is 33.7 Å². The van der Waals surface area contributed by atoms with Gasteiger partial charge in [0.25, 0.3) is 0 Å². The van der Waals surface area contributed by atoms with E-state index in [9.17, 15) is 27.2 Å².